The molecule has 0 amide bonds. The van der Waals surface area contributed by atoms with Crippen LogP contribution in [0.15, 0.2) is 76.3 Å². The lowest BCUT2D eigenvalue weighted by Crippen LogP contribution is -2.21. The van der Waals surface area contributed by atoms with Crippen molar-refractivity contribution in [1.29, 1.82) is 0 Å². The maximum absolute atomic E-state index is 13.0. The Balaban J connectivity index is 1.43. The highest BCUT2D eigenvalue weighted by Crippen LogP contribution is 2.22. The van der Waals surface area contributed by atoms with E-state index in [-0.39, 0.29) is 12.1 Å². The zero-order chi connectivity index (χ0) is 21.4. The Morgan fingerprint density at radius 2 is 1.74 bits per heavy atom. The molecule has 0 unspecified atom stereocenters. The Morgan fingerprint density at radius 3 is 2.48 bits per heavy atom. The molecule has 0 aliphatic rings. The normalized spacial score (nSPS) is 11.2. The van der Waals surface area contributed by atoms with Gasteiger partial charge in [0.1, 0.15) is 17.8 Å². The molecule has 0 N–H and O–H groups in total. The van der Waals surface area contributed by atoms with Crippen LogP contribution in [0, 0.1) is 6.92 Å². The van der Waals surface area contributed by atoms with Gasteiger partial charge in [-0.3, -0.25) is 4.79 Å². The highest BCUT2D eigenvalue weighted by Gasteiger charge is 2.13. The molecule has 31 heavy (non-hydrogen) atoms. The van der Waals surface area contributed by atoms with Crippen molar-refractivity contribution in [1.82, 2.24) is 24.3 Å². The van der Waals surface area contributed by atoms with Gasteiger partial charge in [0.15, 0.2) is 0 Å². The topological polar surface area (TPSA) is 87.5 Å². The number of aryl methyl sites for hydroxylation is 1. The molecule has 3 aromatic heterocycles. The first-order valence-electron chi connectivity index (χ1n) is 9.73. The standard InChI is InChI=1S/C23H19N5O3/c1-15-3-5-17(6-4-15)22-24-21(31-26-22)14-27-11-12-28-20(23(27)29)13-19(25-28)16-7-9-18(30-2)10-8-16/h3-13H,14H2,1-2H3. The van der Waals surface area contributed by atoms with Gasteiger partial charge in [-0.25, -0.2) is 4.52 Å². The molecule has 0 radical (unpaired) electrons. The predicted octanol–water partition coefficient (Wildman–Crippen LogP) is 3.58. The van der Waals surface area contributed by atoms with Crippen LogP contribution < -0.4 is 10.3 Å². The van der Waals surface area contributed by atoms with E-state index in [1.807, 2.05) is 55.5 Å². The Bertz CT molecular complexity index is 1410. The summed E-state index contributed by atoms with van der Waals surface area (Å²) in [4.78, 5) is 17.4. The van der Waals surface area contributed by atoms with Crippen LogP contribution in [0.5, 0.6) is 5.75 Å². The molecule has 3 heterocycles. The summed E-state index contributed by atoms with van der Waals surface area (Å²) in [5.74, 6) is 1.62. The summed E-state index contributed by atoms with van der Waals surface area (Å²) in [7, 11) is 1.62. The molecule has 5 rings (SSSR count). The van der Waals surface area contributed by atoms with Crippen molar-refractivity contribution in [3.63, 3.8) is 0 Å². The van der Waals surface area contributed by atoms with Crippen LogP contribution in [0.4, 0.5) is 0 Å². The van der Waals surface area contributed by atoms with Gasteiger partial charge in [0.05, 0.1) is 12.8 Å². The van der Waals surface area contributed by atoms with Crippen LogP contribution in [0.25, 0.3) is 28.2 Å². The first-order valence-corrected chi connectivity index (χ1v) is 9.73. The maximum Gasteiger partial charge on any atom is 0.277 e. The quantitative estimate of drug-likeness (QED) is 0.438. The lowest BCUT2D eigenvalue weighted by atomic mass is 10.1. The van der Waals surface area contributed by atoms with E-state index in [0.717, 1.165) is 22.4 Å². The van der Waals surface area contributed by atoms with Crippen LogP contribution >= 0.6 is 0 Å². The average Bonchev–Trinajstić information content (AvgIpc) is 3.44. The average molecular weight is 413 g/mol. The molecule has 8 nitrogen and oxygen atoms in total. The van der Waals surface area contributed by atoms with Crippen molar-refractivity contribution >= 4 is 5.52 Å². The van der Waals surface area contributed by atoms with E-state index in [2.05, 4.69) is 15.2 Å². The smallest absolute Gasteiger partial charge is 0.277 e. The van der Waals surface area contributed by atoms with E-state index in [0.29, 0.717) is 22.9 Å². The third-order valence-electron chi connectivity index (χ3n) is 5.07. The van der Waals surface area contributed by atoms with Gasteiger partial charge in [-0.1, -0.05) is 35.0 Å². The molecule has 154 valence electrons. The number of rotatable bonds is 5. The SMILES string of the molecule is COc1ccc(-c2cc3c(=O)n(Cc4nc(-c5ccc(C)cc5)no4)ccn3n2)cc1. The second kappa shape index (κ2) is 7.56. The molecular formula is C23H19N5O3. The Hall–Kier alpha value is -4.20. The minimum Gasteiger partial charge on any atom is -0.497 e. The summed E-state index contributed by atoms with van der Waals surface area (Å²) >= 11 is 0. The highest BCUT2D eigenvalue weighted by molar-refractivity contribution is 5.66. The summed E-state index contributed by atoms with van der Waals surface area (Å²) < 4.78 is 13.7. The summed E-state index contributed by atoms with van der Waals surface area (Å²) in [6, 6.07) is 17.2. The molecule has 0 aliphatic heterocycles. The number of ether oxygens (including phenoxy) is 1. The molecule has 2 aromatic carbocycles. The third kappa shape index (κ3) is 3.59. The number of aromatic nitrogens is 5. The fourth-order valence-electron chi connectivity index (χ4n) is 3.34. The van der Waals surface area contributed by atoms with Gasteiger partial charge in [0, 0.05) is 23.5 Å². The molecule has 5 aromatic rings. The van der Waals surface area contributed by atoms with E-state index in [1.165, 1.54) is 4.57 Å². The van der Waals surface area contributed by atoms with Crippen molar-refractivity contribution in [3.05, 3.63) is 88.8 Å². The Morgan fingerprint density at radius 1 is 1.00 bits per heavy atom. The monoisotopic (exact) mass is 413 g/mol. The van der Waals surface area contributed by atoms with Gasteiger partial charge >= 0.3 is 0 Å². The van der Waals surface area contributed by atoms with Gasteiger partial charge in [0.2, 0.25) is 11.7 Å². The van der Waals surface area contributed by atoms with E-state index < -0.39 is 0 Å². The molecule has 0 fully saturated rings. The number of methoxy groups -OCH3 is 1. The number of hydrogen-bond donors (Lipinski definition) is 0. The lowest BCUT2D eigenvalue weighted by Gasteiger charge is -2.02. The largest absolute Gasteiger partial charge is 0.497 e. The lowest BCUT2D eigenvalue weighted by molar-refractivity contribution is 0.370. The number of hydrogen-bond acceptors (Lipinski definition) is 6. The molecule has 0 spiro atoms. The van der Waals surface area contributed by atoms with Crippen LogP contribution in [0.3, 0.4) is 0 Å². The van der Waals surface area contributed by atoms with E-state index in [1.54, 1.807) is 30.1 Å². The summed E-state index contributed by atoms with van der Waals surface area (Å²) in [5, 5.41) is 8.54. The minimum absolute atomic E-state index is 0.178. The van der Waals surface area contributed by atoms with Crippen molar-refractivity contribution < 1.29 is 9.26 Å². The van der Waals surface area contributed by atoms with Crippen LogP contribution in [-0.4, -0.2) is 31.4 Å². The zero-order valence-corrected chi connectivity index (χ0v) is 17.0. The molecule has 0 saturated carbocycles. The second-order valence-corrected chi connectivity index (χ2v) is 7.20. The molecule has 8 heteroatoms. The second-order valence-electron chi connectivity index (χ2n) is 7.20. The summed E-state index contributed by atoms with van der Waals surface area (Å²) in [6.45, 7) is 2.20. The number of benzene rings is 2. The number of fused-ring (bicyclic) bond motifs is 1. The van der Waals surface area contributed by atoms with Gasteiger partial charge < -0.3 is 13.8 Å². The summed E-state index contributed by atoms with van der Waals surface area (Å²) in [5.41, 5.74) is 3.90. The van der Waals surface area contributed by atoms with Crippen LogP contribution in [0.1, 0.15) is 11.5 Å². The fourth-order valence-corrected chi connectivity index (χ4v) is 3.34. The first kappa shape index (κ1) is 18.8. The molecule has 0 saturated heterocycles. The summed E-state index contributed by atoms with van der Waals surface area (Å²) in [6.07, 6.45) is 3.40. The van der Waals surface area contributed by atoms with Crippen molar-refractivity contribution in [2.75, 3.05) is 7.11 Å². The Kier molecular flexibility index (Phi) is 4.59. The predicted molar refractivity (Wildman–Crippen MR) is 115 cm³/mol. The maximum atomic E-state index is 13.0. The highest BCUT2D eigenvalue weighted by atomic mass is 16.5. The fraction of sp³-hybridized carbons (Fsp3) is 0.130. The third-order valence-corrected chi connectivity index (χ3v) is 5.07. The van der Waals surface area contributed by atoms with Crippen molar-refractivity contribution in [3.8, 4) is 28.4 Å². The van der Waals surface area contributed by atoms with Gasteiger partial charge in [-0.2, -0.15) is 10.1 Å². The number of nitrogens with zero attached hydrogens (tertiary/aromatic N) is 5. The van der Waals surface area contributed by atoms with Crippen molar-refractivity contribution in [2.24, 2.45) is 0 Å². The first-order chi connectivity index (χ1) is 15.1. The molecule has 0 atom stereocenters. The zero-order valence-electron chi connectivity index (χ0n) is 17.0. The van der Waals surface area contributed by atoms with Gasteiger partial charge in [-0.15, -0.1) is 0 Å². The van der Waals surface area contributed by atoms with E-state index in [9.17, 15) is 4.79 Å². The van der Waals surface area contributed by atoms with E-state index >= 15 is 0 Å². The molecular weight excluding hydrogens is 394 g/mol. The van der Waals surface area contributed by atoms with E-state index in [4.69, 9.17) is 9.26 Å². The van der Waals surface area contributed by atoms with Crippen LogP contribution in [-0.2, 0) is 6.54 Å². The Labute approximate surface area is 177 Å². The van der Waals surface area contributed by atoms with Crippen LogP contribution in [0.2, 0.25) is 0 Å². The molecule has 0 bridgehead atoms. The van der Waals surface area contributed by atoms with Gasteiger partial charge in [0.25, 0.3) is 5.56 Å². The van der Waals surface area contributed by atoms with Crippen molar-refractivity contribution in [2.45, 2.75) is 13.5 Å². The minimum atomic E-state index is -0.190. The molecule has 0 aliphatic carbocycles. The van der Waals surface area contributed by atoms with Gasteiger partial charge in [-0.05, 0) is 37.3 Å².